The van der Waals surface area contributed by atoms with Gasteiger partial charge in [-0.1, -0.05) is 44.2 Å². The van der Waals surface area contributed by atoms with Crippen molar-refractivity contribution in [2.75, 3.05) is 33.8 Å². The number of aromatic nitrogens is 3. The second-order valence-corrected chi connectivity index (χ2v) is 7.96. The summed E-state index contributed by atoms with van der Waals surface area (Å²) in [4.78, 5) is 11.5. The lowest BCUT2D eigenvalue weighted by Crippen LogP contribution is -2.51. The molecule has 2 unspecified atom stereocenters. The maximum atomic E-state index is 5.16. The Hall–Kier alpha value is -1.72. The third-order valence-corrected chi connectivity index (χ3v) is 5.89. The topological polar surface area (TPSA) is 79.6 Å². The van der Waals surface area contributed by atoms with Crippen molar-refractivity contribution >= 4 is 29.9 Å². The van der Waals surface area contributed by atoms with E-state index in [0.717, 1.165) is 63.0 Å². The molecule has 32 heavy (non-hydrogen) atoms. The van der Waals surface area contributed by atoms with Gasteiger partial charge in [-0.05, 0) is 31.5 Å². The Balaban J connectivity index is 0.00000363. The first-order valence-corrected chi connectivity index (χ1v) is 11.3. The lowest BCUT2D eigenvalue weighted by Gasteiger charge is -2.31. The second kappa shape index (κ2) is 13.7. The van der Waals surface area contributed by atoms with Crippen LogP contribution in [0.15, 0.2) is 35.3 Å². The van der Waals surface area contributed by atoms with Crippen molar-refractivity contribution in [1.82, 2.24) is 30.3 Å². The van der Waals surface area contributed by atoms with Crippen LogP contribution in [0.2, 0.25) is 0 Å². The van der Waals surface area contributed by atoms with Gasteiger partial charge in [-0.2, -0.15) is 5.10 Å². The minimum atomic E-state index is 0. The van der Waals surface area contributed by atoms with Crippen LogP contribution in [0.1, 0.15) is 37.5 Å². The van der Waals surface area contributed by atoms with Crippen molar-refractivity contribution in [3.8, 4) is 0 Å². The molecule has 2 N–H and O–H groups in total. The molecule has 0 fully saturated rings. The van der Waals surface area contributed by atoms with Gasteiger partial charge in [0, 0.05) is 39.2 Å². The van der Waals surface area contributed by atoms with Crippen LogP contribution in [0.5, 0.6) is 0 Å². The molecule has 1 aliphatic rings. The van der Waals surface area contributed by atoms with Gasteiger partial charge in [-0.3, -0.25) is 9.89 Å². The highest BCUT2D eigenvalue weighted by Crippen LogP contribution is 2.14. The predicted octanol–water partition coefficient (Wildman–Crippen LogP) is 2.48. The number of ether oxygens (including phenoxy) is 1. The van der Waals surface area contributed by atoms with E-state index in [2.05, 4.69) is 74.8 Å². The van der Waals surface area contributed by atoms with E-state index in [1.807, 2.05) is 11.7 Å². The molecule has 1 aliphatic heterocycles. The molecule has 0 aliphatic carbocycles. The fourth-order valence-corrected chi connectivity index (χ4v) is 4.23. The molecule has 1 aromatic carbocycles. The molecule has 0 radical (unpaired) electrons. The van der Waals surface area contributed by atoms with Crippen molar-refractivity contribution in [3.05, 3.63) is 47.5 Å². The Morgan fingerprint density at radius 3 is 2.69 bits per heavy atom. The van der Waals surface area contributed by atoms with Crippen LogP contribution < -0.4 is 10.6 Å². The van der Waals surface area contributed by atoms with Crippen molar-refractivity contribution in [2.45, 2.75) is 58.3 Å². The predicted molar refractivity (Wildman–Crippen MR) is 140 cm³/mol. The van der Waals surface area contributed by atoms with Gasteiger partial charge in [-0.15, -0.1) is 24.0 Å². The van der Waals surface area contributed by atoms with Crippen molar-refractivity contribution < 1.29 is 4.74 Å². The highest BCUT2D eigenvalue weighted by atomic mass is 127. The minimum Gasteiger partial charge on any atom is -0.377 e. The van der Waals surface area contributed by atoms with E-state index in [1.54, 1.807) is 7.11 Å². The molecular weight excluding hydrogens is 517 g/mol. The molecule has 1 aromatic heterocycles. The summed E-state index contributed by atoms with van der Waals surface area (Å²) in [5.41, 5.74) is 1.36. The molecule has 0 amide bonds. The molecule has 9 heteroatoms. The first-order chi connectivity index (χ1) is 15.2. The highest BCUT2D eigenvalue weighted by molar-refractivity contribution is 14.0. The number of nitrogens with one attached hydrogen (secondary N) is 2. The zero-order chi connectivity index (χ0) is 22.1. The number of benzene rings is 1. The number of hydrogen-bond acceptors (Lipinski definition) is 5. The molecule has 0 saturated heterocycles. The first kappa shape index (κ1) is 26.5. The van der Waals surface area contributed by atoms with Gasteiger partial charge in [0.15, 0.2) is 11.8 Å². The van der Waals surface area contributed by atoms with Gasteiger partial charge in [0.1, 0.15) is 12.4 Å². The molecule has 3 rings (SSSR count). The van der Waals surface area contributed by atoms with E-state index in [1.165, 1.54) is 5.56 Å². The van der Waals surface area contributed by atoms with Crippen LogP contribution in [0, 0.1) is 0 Å². The molecular formula is C23H38IN7O. The molecule has 2 aromatic rings. The van der Waals surface area contributed by atoms with Crippen LogP contribution in [0.4, 0.5) is 0 Å². The Labute approximate surface area is 209 Å². The van der Waals surface area contributed by atoms with Gasteiger partial charge in [-0.25, -0.2) is 9.67 Å². The standard InChI is InChI=1S/C23H37N7O.HI/c1-5-29(6-2)20(14-18-10-8-7-9-11-18)15-25-23(24-3)26-19-12-13-22-27-21(17-31-4)28-30(22)16-19;/h7-11,19-20H,5-6,12-17H2,1-4H3,(H2,24,25,26);1H. The SMILES string of the molecule is CCN(CC)C(CNC(=NC)NC1CCc2nc(COC)nn2C1)Cc1ccccc1.I. The largest absolute Gasteiger partial charge is 0.377 e. The van der Waals surface area contributed by atoms with Crippen LogP contribution in [-0.2, 0) is 30.7 Å². The fourth-order valence-electron chi connectivity index (χ4n) is 4.23. The van der Waals surface area contributed by atoms with E-state index < -0.39 is 0 Å². The van der Waals surface area contributed by atoms with E-state index in [0.29, 0.717) is 12.6 Å². The van der Waals surface area contributed by atoms with Crippen molar-refractivity contribution in [3.63, 3.8) is 0 Å². The van der Waals surface area contributed by atoms with Crippen LogP contribution in [0.3, 0.4) is 0 Å². The first-order valence-electron chi connectivity index (χ1n) is 11.3. The number of methoxy groups -OCH3 is 1. The lowest BCUT2D eigenvalue weighted by molar-refractivity contribution is 0.177. The third-order valence-electron chi connectivity index (χ3n) is 5.89. The summed E-state index contributed by atoms with van der Waals surface area (Å²) in [5.74, 6) is 2.64. The molecule has 2 heterocycles. The zero-order valence-corrected chi connectivity index (χ0v) is 22.1. The number of nitrogens with zero attached hydrogens (tertiary/aromatic N) is 5. The molecule has 8 nitrogen and oxygen atoms in total. The monoisotopic (exact) mass is 555 g/mol. The number of aliphatic imine (C=N–C) groups is 1. The average molecular weight is 556 g/mol. The Morgan fingerprint density at radius 2 is 2.03 bits per heavy atom. The minimum absolute atomic E-state index is 0. The summed E-state index contributed by atoms with van der Waals surface area (Å²) in [6, 6.07) is 11.4. The number of aryl methyl sites for hydroxylation is 1. The average Bonchev–Trinajstić information content (AvgIpc) is 3.19. The number of likely N-dealkylation sites (N-methyl/N-ethyl adjacent to an activating group) is 1. The Morgan fingerprint density at radius 1 is 1.28 bits per heavy atom. The number of rotatable bonds is 10. The van der Waals surface area contributed by atoms with Crippen molar-refractivity contribution in [2.24, 2.45) is 4.99 Å². The van der Waals surface area contributed by atoms with Crippen molar-refractivity contribution in [1.29, 1.82) is 0 Å². The number of guanidine groups is 1. The summed E-state index contributed by atoms with van der Waals surface area (Å²) in [6.07, 6.45) is 2.93. The molecule has 0 spiro atoms. The summed E-state index contributed by atoms with van der Waals surface area (Å²) < 4.78 is 7.16. The van der Waals surface area contributed by atoms with Gasteiger partial charge in [0.2, 0.25) is 0 Å². The molecule has 178 valence electrons. The number of fused-ring (bicyclic) bond motifs is 1. The second-order valence-electron chi connectivity index (χ2n) is 7.96. The van der Waals surface area contributed by atoms with E-state index >= 15 is 0 Å². The van der Waals surface area contributed by atoms with E-state index in [9.17, 15) is 0 Å². The number of hydrogen-bond donors (Lipinski definition) is 2. The number of halogens is 1. The van der Waals surface area contributed by atoms with Gasteiger partial charge in [0.25, 0.3) is 0 Å². The Kier molecular flexibility index (Phi) is 11.4. The fraction of sp³-hybridized carbons (Fsp3) is 0.609. The molecule has 2 atom stereocenters. The lowest BCUT2D eigenvalue weighted by atomic mass is 10.0. The van der Waals surface area contributed by atoms with Gasteiger partial charge >= 0.3 is 0 Å². The summed E-state index contributed by atoms with van der Waals surface area (Å²) in [6.45, 7) is 8.60. The van der Waals surface area contributed by atoms with Gasteiger partial charge < -0.3 is 15.4 Å². The summed E-state index contributed by atoms with van der Waals surface area (Å²) in [7, 11) is 3.50. The third kappa shape index (κ3) is 7.41. The highest BCUT2D eigenvalue weighted by Gasteiger charge is 2.23. The van der Waals surface area contributed by atoms with Crippen LogP contribution in [-0.4, -0.2) is 71.5 Å². The van der Waals surface area contributed by atoms with Gasteiger partial charge in [0.05, 0.1) is 6.54 Å². The quantitative estimate of drug-likeness (QED) is 0.267. The van der Waals surface area contributed by atoms with E-state index in [4.69, 9.17) is 4.74 Å². The Bertz CT molecular complexity index is 823. The normalized spacial score (nSPS) is 16.9. The smallest absolute Gasteiger partial charge is 0.191 e. The molecule has 0 bridgehead atoms. The maximum absolute atomic E-state index is 5.16. The van der Waals surface area contributed by atoms with Crippen LogP contribution >= 0.6 is 24.0 Å². The zero-order valence-electron chi connectivity index (χ0n) is 19.8. The maximum Gasteiger partial charge on any atom is 0.191 e. The van der Waals surface area contributed by atoms with Crippen LogP contribution in [0.25, 0.3) is 0 Å². The summed E-state index contributed by atoms with van der Waals surface area (Å²) in [5, 5.41) is 11.7. The van der Waals surface area contributed by atoms with E-state index in [-0.39, 0.29) is 30.0 Å². The molecule has 0 saturated carbocycles. The summed E-state index contributed by atoms with van der Waals surface area (Å²) >= 11 is 0.